The molecule has 0 bridgehead atoms. The van der Waals surface area contributed by atoms with Crippen LogP contribution >= 0.6 is 27.5 Å². The maximum absolute atomic E-state index is 6.06. The van der Waals surface area contributed by atoms with Crippen molar-refractivity contribution in [1.82, 2.24) is 10.2 Å². The van der Waals surface area contributed by atoms with Gasteiger partial charge in [-0.3, -0.25) is 4.90 Å². The SMILES string of the molecule is CC1(C)C2CNCC2CN1Cc1ccc(Cl)c(Br)c1. The summed E-state index contributed by atoms with van der Waals surface area (Å²) in [6.07, 6.45) is 0. The highest BCUT2D eigenvalue weighted by Gasteiger charge is 2.49. The average molecular weight is 344 g/mol. The molecule has 0 amide bonds. The molecule has 0 saturated carbocycles. The molecular weight excluding hydrogens is 324 g/mol. The summed E-state index contributed by atoms with van der Waals surface area (Å²) in [6.45, 7) is 9.32. The van der Waals surface area contributed by atoms with Crippen molar-refractivity contribution in [3.8, 4) is 0 Å². The summed E-state index contributed by atoms with van der Waals surface area (Å²) in [7, 11) is 0. The van der Waals surface area contributed by atoms with Gasteiger partial charge < -0.3 is 5.32 Å². The zero-order valence-corrected chi connectivity index (χ0v) is 13.8. The van der Waals surface area contributed by atoms with Crippen LogP contribution in [0.4, 0.5) is 0 Å². The number of fused-ring (bicyclic) bond motifs is 1. The van der Waals surface area contributed by atoms with Crippen LogP contribution in [0, 0.1) is 11.8 Å². The van der Waals surface area contributed by atoms with E-state index in [0.717, 1.165) is 27.9 Å². The van der Waals surface area contributed by atoms with Crippen LogP contribution in [0.2, 0.25) is 5.02 Å². The van der Waals surface area contributed by atoms with E-state index in [9.17, 15) is 0 Å². The lowest BCUT2D eigenvalue weighted by Gasteiger charge is -2.35. The Morgan fingerprint density at radius 1 is 1.42 bits per heavy atom. The molecule has 2 aliphatic rings. The largest absolute Gasteiger partial charge is 0.316 e. The number of likely N-dealkylation sites (tertiary alicyclic amines) is 1. The highest BCUT2D eigenvalue weighted by Crippen LogP contribution is 2.41. The third-order valence-electron chi connectivity index (χ3n) is 4.87. The summed E-state index contributed by atoms with van der Waals surface area (Å²) in [5.41, 5.74) is 1.61. The Morgan fingerprint density at radius 2 is 2.21 bits per heavy atom. The van der Waals surface area contributed by atoms with Crippen molar-refractivity contribution in [2.24, 2.45) is 11.8 Å². The van der Waals surface area contributed by atoms with Gasteiger partial charge in [0.1, 0.15) is 0 Å². The highest BCUT2D eigenvalue weighted by molar-refractivity contribution is 9.10. The van der Waals surface area contributed by atoms with E-state index < -0.39 is 0 Å². The second-order valence-corrected chi connectivity index (χ2v) is 7.57. The van der Waals surface area contributed by atoms with E-state index >= 15 is 0 Å². The van der Waals surface area contributed by atoms with Gasteiger partial charge in [0.2, 0.25) is 0 Å². The van der Waals surface area contributed by atoms with Crippen LogP contribution in [0.15, 0.2) is 22.7 Å². The molecule has 2 heterocycles. The molecule has 2 unspecified atom stereocenters. The molecule has 2 atom stereocenters. The molecule has 0 radical (unpaired) electrons. The lowest BCUT2D eigenvalue weighted by atomic mass is 9.85. The van der Waals surface area contributed by atoms with Crippen molar-refractivity contribution < 1.29 is 0 Å². The molecule has 1 aromatic rings. The van der Waals surface area contributed by atoms with Crippen LogP contribution in [0.1, 0.15) is 19.4 Å². The first-order valence-electron chi connectivity index (χ1n) is 6.88. The third kappa shape index (κ3) is 2.46. The molecule has 0 spiro atoms. The number of benzene rings is 1. The monoisotopic (exact) mass is 342 g/mol. The molecule has 2 aliphatic heterocycles. The number of nitrogens with one attached hydrogen (secondary N) is 1. The van der Waals surface area contributed by atoms with Crippen molar-refractivity contribution in [2.45, 2.75) is 25.9 Å². The number of rotatable bonds is 2. The number of hydrogen-bond acceptors (Lipinski definition) is 2. The molecule has 2 fully saturated rings. The summed E-state index contributed by atoms with van der Waals surface area (Å²) in [5.74, 6) is 1.59. The molecule has 1 aromatic carbocycles. The first-order chi connectivity index (χ1) is 8.98. The van der Waals surface area contributed by atoms with E-state index in [2.05, 4.69) is 52.1 Å². The second-order valence-electron chi connectivity index (χ2n) is 6.31. The molecule has 0 aromatic heterocycles. The summed E-state index contributed by atoms with van der Waals surface area (Å²) in [5, 5.41) is 4.31. The zero-order chi connectivity index (χ0) is 13.6. The van der Waals surface area contributed by atoms with Crippen molar-refractivity contribution in [1.29, 1.82) is 0 Å². The normalized spacial score (nSPS) is 29.7. The minimum atomic E-state index is 0.278. The molecule has 2 saturated heterocycles. The molecule has 104 valence electrons. The summed E-state index contributed by atoms with van der Waals surface area (Å²) in [6, 6.07) is 6.26. The van der Waals surface area contributed by atoms with Crippen LogP contribution in [-0.2, 0) is 6.54 Å². The quantitative estimate of drug-likeness (QED) is 0.883. The van der Waals surface area contributed by atoms with Crippen LogP contribution in [0.5, 0.6) is 0 Å². The maximum Gasteiger partial charge on any atom is 0.0548 e. The number of hydrogen-bond donors (Lipinski definition) is 1. The van der Waals surface area contributed by atoms with Gasteiger partial charge in [0.15, 0.2) is 0 Å². The minimum Gasteiger partial charge on any atom is -0.316 e. The summed E-state index contributed by atoms with van der Waals surface area (Å²) < 4.78 is 0.991. The Morgan fingerprint density at radius 3 is 2.89 bits per heavy atom. The summed E-state index contributed by atoms with van der Waals surface area (Å²) in [4.78, 5) is 2.62. The minimum absolute atomic E-state index is 0.278. The molecule has 3 rings (SSSR count). The van der Waals surface area contributed by atoms with Gasteiger partial charge in [-0.2, -0.15) is 0 Å². The first kappa shape index (κ1) is 13.9. The zero-order valence-electron chi connectivity index (χ0n) is 11.4. The van der Waals surface area contributed by atoms with Gasteiger partial charge in [0.05, 0.1) is 5.02 Å². The fourth-order valence-corrected chi connectivity index (χ4v) is 4.17. The second kappa shape index (κ2) is 5.03. The lowest BCUT2D eigenvalue weighted by molar-refractivity contribution is 0.132. The predicted octanol–water partition coefficient (Wildman–Crippen LogP) is 3.53. The molecule has 2 nitrogen and oxygen atoms in total. The van der Waals surface area contributed by atoms with Gasteiger partial charge in [-0.15, -0.1) is 0 Å². The molecule has 1 N–H and O–H groups in total. The van der Waals surface area contributed by atoms with Gasteiger partial charge >= 0.3 is 0 Å². The number of nitrogens with zero attached hydrogens (tertiary/aromatic N) is 1. The van der Waals surface area contributed by atoms with Gasteiger partial charge in [0, 0.05) is 29.6 Å². The molecule has 19 heavy (non-hydrogen) atoms. The van der Waals surface area contributed by atoms with Crippen molar-refractivity contribution in [2.75, 3.05) is 19.6 Å². The van der Waals surface area contributed by atoms with Gasteiger partial charge in [-0.1, -0.05) is 17.7 Å². The van der Waals surface area contributed by atoms with E-state index in [1.807, 2.05) is 6.07 Å². The highest BCUT2D eigenvalue weighted by atomic mass is 79.9. The van der Waals surface area contributed by atoms with E-state index in [-0.39, 0.29) is 5.54 Å². The standard InChI is InChI=1S/C15H20BrClN2/c1-15(2)12-7-18-6-11(12)9-19(15)8-10-3-4-14(17)13(16)5-10/h3-5,11-12,18H,6-9H2,1-2H3. The molecule has 0 aliphatic carbocycles. The Kier molecular flexibility index (Phi) is 3.67. The van der Waals surface area contributed by atoms with Crippen LogP contribution in [-0.4, -0.2) is 30.1 Å². The Balaban J connectivity index is 1.78. The van der Waals surface area contributed by atoms with Gasteiger partial charge in [-0.25, -0.2) is 0 Å². The predicted molar refractivity (Wildman–Crippen MR) is 83.5 cm³/mol. The van der Waals surface area contributed by atoms with Crippen LogP contribution in [0.25, 0.3) is 0 Å². The Labute approximate surface area is 128 Å². The molecule has 4 heteroatoms. The Bertz CT molecular complexity index is 489. The van der Waals surface area contributed by atoms with Crippen LogP contribution < -0.4 is 5.32 Å². The lowest BCUT2D eigenvalue weighted by Crippen LogP contribution is -2.43. The summed E-state index contributed by atoms with van der Waals surface area (Å²) >= 11 is 9.57. The Hall–Kier alpha value is -0.0900. The third-order valence-corrected chi connectivity index (χ3v) is 6.09. The fourth-order valence-electron chi connectivity index (χ4n) is 3.63. The molecular formula is C15H20BrClN2. The van der Waals surface area contributed by atoms with E-state index in [0.29, 0.717) is 0 Å². The van der Waals surface area contributed by atoms with Gasteiger partial charge in [-0.05, 0) is 65.9 Å². The topological polar surface area (TPSA) is 15.3 Å². The first-order valence-corrected chi connectivity index (χ1v) is 8.05. The average Bonchev–Trinajstić information content (AvgIpc) is 2.89. The number of halogens is 2. The van der Waals surface area contributed by atoms with Crippen molar-refractivity contribution >= 4 is 27.5 Å². The van der Waals surface area contributed by atoms with E-state index in [1.165, 1.54) is 25.2 Å². The fraction of sp³-hybridized carbons (Fsp3) is 0.600. The smallest absolute Gasteiger partial charge is 0.0548 e. The van der Waals surface area contributed by atoms with Crippen LogP contribution in [0.3, 0.4) is 0 Å². The van der Waals surface area contributed by atoms with Crippen molar-refractivity contribution in [3.63, 3.8) is 0 Å². The van der Waals surface area contributed by atoms with E-state index in [1.54, 1.807) is 0 Å². The van der Waals surface area contributed by atoms with E-state index in [4.69, 9.17) is 11.6 Å². The van der Waals surface area contributed by atoms with Crippen molar-refractivity contribution in [3.05, 3.63) is 33.3 Å². The van der Waals surface area contributed by atoms with Gasteiger partial charge in [0.25, 0.3) is 0 Å². The maximum atomic E-state index is 6.06.